The van der Waals surface area contributed by atoms with Gasteiger partial charge in [-0.05, 0) is 68.6 Å². The zero-order valence-electron chi connectivity index (χ0n) is 18.3. The maximum absolute atomic E-state index is 14.3. The Balaban J connectivity index is 1.55. The second kappa shape index (κ2) is 11.3. The number of piperidine rings is 1. The van der Waals surface area contributed by atoms with Crippen molar-refractivity contribution in [3.8, 4) is 5.75 Å². The first kappa shape index (κ1) is 27.5. The van der Waals surface area contributed by atoms with Gasteiger partial charge in [0.05, 0.1) is 17.2 Å². The third-order valence-electron chi connectivity index (χ3n) is 5.70. The Morgan fingerprint density at radius 2 is 1.66 bits per heavy atom. The fourth-order valence-corrected chi connectivity index (χ4v) is 4.50. The number of likely N-dealkylation sites (tertiary alicyclic amines) is 1. The van der Waals surface area contributed by atoms with E-state index in [0.717, 1.165) is 43.6 Å². The summed E-state index contributed by atoms with van der Waals surface area (Å²) in [5.74, 6) is -5.71. The molecule has 0 bridgehead atoms. The van der Waals surface area contributed by atoms with Crippen molar-refractivity contribution in [1.29, 1.82) is 0 Å². The van der Waals surface area contributed by atoms with Crippen LogP contribution in [0.5, 0.6) is 5.75 Å². The van der Waals surface area contributed by atoms with Crippen LogP contribution in [0.4, 0.5) is 17.6 Å². The van der Waals surface area contributed by atoms with E-state index in [-0.39, 0.29) is 29.3 Å². The maximum Gasteiger partial charge on any atom is 0.491 e. The van der Waals surface area contributed by atoms with Crippen LogP contribution in [-0.2, 0) is 9.53 Å². The fourth-order valence-electron chi connectivity index (χ4n) is 3.73. The second-order valence-corrected chi connectivity index (χ2v) is 9.39. The van der Waals surface area contributed by atoms with Crippen molar-refractivity contribution < 1.29 is 36.6 Å². The SMILES string of the molecule is C[C@H](c1cc(Cl)cc(Cl)c1)N1CCC(COc2cc(F)c(C(=O)OC(=O)C(F)(F)F)cc2Cl)CC1. The molecule has 0 spiro atoms. The number of benzene rings is 2. The summed E-state index contributed by atoms with van der Waals surface area (Å²) < 4.78 is 60.3. The Kier molecular flexibility index (Phi) is 8.91. The molecular weight excluding hydrogens is 537 g/mol. The Labute approximate surface area is 213 Å². The van der Waals surface area contributed by atoms with Crippen LogP contribution >= 0.6 is 34.8 Å². The summed E-state index contributed by atoms with van der Waals surface area (Å²) in [5, 5.41) is 0.928. The molecule has 12 heteroatoms. The Morgan fingerprint density at radius 1 is 1.06 bits per heavy atom. The molecule has 0 aliphatic carbocycles. The van der Waals surface area contributed by atoms with E-state index in [1.165, 1.54) is 0 Å². The average Bonchev–Trinajstić information content (AvgIpc) is 2.77. The lowest BCUT2D eigenvalue weighted by Crippen LogP contribution is -2.37. The van der Waals surface area contributed by atoms with Crippen molar-refractivity contribution in [2.75, 3.05) is 19.7 Å². The van der Waals surface area contributed by atoms with Gasteiger partial charge in [0, 0.05) is 22.2 Å². The minimum Gasteiger partial charge on any atom is -0.492 e. The van der Waals surface area contributed by atoms with Crippen LogP contribution in [0.2, 0.25) is 15.1 Å². The monoisotopic (exact) mass is 555 g/mol. The molecule has 2 aromatic carbocycles. The highest BCUT2D eigenvalue weighted by atomic mass is 35.5. The molecule has 1 aliphatic heterocycles. The van der Waals surface area contributed by atoms with E-state index in [4.69, 9.17) is 39.5 Å². The average molecular weight is 557 g/mol. The van der Waals surface area contributed by atoms with Crippen molar-refractivity contribution in [1.82, 2.24) is 4.90 Å². The van der Waals surface area contributed by atoms with Gasteiger partial charge in [-0.1, -0.05) is 34.8 Å². The van der Waals surface area contributed by atoms with E-state index in [9.17, 15) is 27.2 Å². The number of nitrogens with zero attached hydrogens (tertiary/aromatic N) is 1. The molecule has 0 amide bonds. The predicted molar refractivity (Wildman–Crippen MR) is 123 cm³/mol. The topological polar surface area (TPSA) is 55.8 Å². The molecule has 2 aromatic rings. The van der Waals surface area contributed by atoms with Crippen molar-refractivity contribution >= 4 is 46.7 Å². The summed E-state index contributed by atoms with van der Waals surface area (Å²) in [4.78, 5) is 24.8. The first-order chi connectivity index (χ1) is 16.3. The van der Waals surface area contributed by atoms with Gasteiger partial charge >= 0.3 is 18.1 Å². The minimum absolute atomic E-state index is 0.0766. The van der Waals surface area contributed by atoms with Gasteiger partial charge in [-0.25, -0.2) is 14.0 Å². The molecule has 5 nitrogen and oxygen atoms in total. The van der Waals surface area contributed by atoms with E-state index >= 15 is 0 Å². The number of rotatable bonds is 6. The van der Waals surface area contributed by atoms with Gasteiger partial charge in [0.2, 0.25) is 0 Å². The lowest BCUT2D eigenvalue weighted by molar-refractivity contribution is -0.193. The number of ether oxygens (including phenoxy) is 2. The normalized spacial score (nSPS) is 16.1. The number of alkyl halides is 3. The van der Waals surface area contributed by atoms with Gasteiger partial charge in [0.15, 0.2) is 0 Å². The number of esters is 2. The maximum atomic E-state index is 14.3. The first-order valence-electron chi connectivity index (χ1n) is 10.5. The standard InChI is InChI=1S/C23H20Cl3F4NO4/c1-12(14-6-15(24)8-16(25)7-14)31-4-2-13(3-5-31)11-34-20-10-19(27)17(9-18(20)26)21(32)35-22(33)23(28,29)30/h6-10,12-13H,2-5,11H2,1H3/t12-/m1/s1. The lowest BCUT2D eigenvalue weighted by Gasteiger charge is -2.36. The van der Waals surface area contributed by atoms with Crippen LogP contribution in [0.1, 0.15) is 41.7 Å². The summed E-state index contributed by atoms with van der Waals surface area (Å²) in [7, 11) is 0. The highest BCUT2D eigenvalue weighted by molar-refractivity contribution is 6.34. The molecule has 1 heterocycles. The molecule has 0 unspecified atom stereocenters. The molecule has 1 aliphatic rings. The van der Waals surface area contributed by atoms with Crippen molar-refractivity contribution in [2.45, 2.75) is 32.0 Å². The van der Waals surface area contributed by atoms with Crippen LogP contribution in [0.15, 0.2) is 30.3 Å². The molecule has 3 rings (SSSR count). The minimum atomic E-state index is -5.40. The van der Waals surface area contributed by atoms with Crippen molar-refractivity contribution in [3.63, 3.8) is 0 Å². The molecule has 0 radical (unpaired) electrons. The Bertz CT molecular complexity index is 1080. The lowest BCUT2D eigenvalue weighted by atomic mass is 9.95. The zero-order valence-corrected chi connectivity index (χ0v) is 20.6. The summed E-state index contributed by atoms with van der Waals surface area (Å²) in [6.45, 7) is 3.84. The Hall–Kier alpha value is -2.07. The van der Waals surface area contributed by atoms with Gasteiger partial charge in [0.25, 0.3) is 0 Å². The molecule has 1 fully saturated rings. The molecule has 0 aromatic heterocycles. The molecule has 0 saturated carbocycles. The fraction of sp³-hybridized carbons (Fsp3) is 0.391. The largest absolute Gasteiger partial charge is 0.492 e. The summed E-state index contributed by atoms with van der Waals surface area (Å²) in [6, 6.07) is 7.07. The molecule has 1 saturated heterocycles. The van der Waals surface area contributed by atoms with E-state index in [0.29, 0.717) is 10.0 Å². The van der Waals surface area contributed by atoms with Gasteiger partial charge in [-0.3, -0.25) is 4.90 Å². The molecule has 190 valence electrons. The zero-order chi connectivity index (χ0) is 25.9. The van der Waals surface area contributed by atoms with E-state index < -0.39 is 29.5 Å². The highest BCUT2D eigenvalue weighted by Gasteiger charge is 2.43. The van der Waals surface area contributed by atoms with Crippen LogP contribution in [-0.4, -0.2) is 42.7 Å². The van der Waals surface area contributed by atoms with E-state index in [1.54, 1.807) is 6.07 Å². The number of hydrogen-bond acceptors (Lipinski definition) is 5. The summed E-state index contributed by atoms with van der Waals surface area (Å²) >= 11 is 18.2. The number of carbonyl (C=O) groups is 2. The molecular formula is C23H20Cl3F4NO4. The van der Waals surface area contributed by atoms with E-state index in [2.05, 4.69) is 16.6 Å². The quantitative estimate of drug-likeness (QED) is 0.220. The van der Waals surface area contributed by atoms with E-state index in [1.807, 2.05) is 12.1 Å². The van der Waals surface area contributed by atoms with Crippen molar-refractivity contribution in [3.05, 3.63) is 62.3 Å². The van der Waals surface area contributed by atoms with Gasteiger partial charge in [0.1, 0.15) is 11.6 Å². The Morgan fingerprint density at radius 3 is 2.23 bits per heavy atom. The summed E-state index contributed by atoms with van der Waals surface area (Å²) in [6.07, 6.45) is -3.81. The second-order valence-electron chi connectivity index (χ2n) is 8.11. The summed E-state index contributed by atoms with van der Waals surface area (Å²) in [5.41, 5.74) is 0.0957. The predicted octanol–water partition coefficient (Wildman–Crippen LogP) is 6.88. The van der Waals surface area contributed by atoms with Crippen LogP contribution in [0.3, 0.4) is 0 Å². The third kappa shape index (κ3) is 7.22. The van der Waals surface area contributed by atoms with Gasteiger partial charge in [-0.2, -0.15) is 13.2 Å². The number of carbonyl (C=O) groups excluding carboxylic acids is 2. The first-order valence-corrected chi connectivity index (χ1v) is 11.6. The van der Waals surface area contributed by atoms with Gasteiger partial charge in [-0.15, -0.1) is 0 Å². The van der Waals surface area contributed by atoms with Gasteiger partial charge < -0.3 is 9.47 Å². The smallest absolute Gasteiger partial charge is 0.491 e. The third-order valence-corrected chi connectivity index (χ3v) is 6.43. The molecule has 35 heavy (non-hydrogen) atoms. The van der Waals surface area contributed by atoms with Crippen molar-refractivity contribution in [2.24, 2.45) is 5.92 Å². The van der Waals surface area contributed by atoms with Crippen LogP contribution in [0.25, 0.3) is 0 Å². The number of hydrogen-bond donors (Lipinski definition) is 0. The number of halogens is 7. The highest BCUT2D eigenvalue weighted by Crippen LogP contribution is 2.32. The van der Waals surface area contributed by atoms with Crippen LogP contribution in [0, 0.1) is 11.7 Å². The van der Waals surface area contributed by atoms with Crippen LogP contribution < -0.4 is 4.74 Å². The molecule has 1 atom stereocenters. The molecule has 0 N–H and O–H groups in total.